The molecule has 1 aliphatic heterocycles. The number of rotatable bonds is 2. The average molecular weight is 361 g/mol. The molecule has 0 aliphatic carbocycles. The van der Waals surface area contributed by atoms with Gasteiger partial charge in [-0.15, -0.1) is 0 Å². The maximum Gasteiger partial charge on any atom is 0.251 e. The zero-order valence-electron chi connectivity index (χ0n) is 13.6. The van der Waals surface area contributed by atoms with Crippen LogP contribution in [0.3, 0.4) is 0 Å². The van der Waals surface area contributed by atoms with Crippen molar-refractivity contribution in [3.8, 4) is 16.8 Å². The van der Waals surface area contributed by atoms with Crippen molar-refractivity contribution in [2.24, 2.45) is 0 Å². The molecule has 0 fully saturated rings. The number of carbonyl (C=O) groups excluding carboxylic acids is 1. The molecule has 1 aliphatic rings. The van der Waals surface area contributed by atoms with Crippen LogP contribution in [-0.2, 0) is 6.54 Å². The fraction of sp³-hybridized carbons (Fsp3) is 0.0500. The summed E-state index contributed by atoms with van der Waals surface area (Å²) in [6.07, 6.45) is 5.36. The van der Waals surface area contributed by atoms with Crippen molar-refractivity contribution >= 4 is 28.5 Å². The van der Waals surface area contributed by atoms with Crippen LogP contribution in [-0.4, -0.2) is 20.4 Å². The Morgan fingerprint density at radius 2 is 1.96 bits per heavy atom. The van der Waals surface area contributed by atoms with Crippen LogP contribution in [0.25, 0.3) is 27.8 Å². The van der Waals surface area contributed by atoms with Crippen molar-refractivity contribution in [1.29, 1.82) is 0 Å². The first kappa shape index (κ1) is 15.1. The molecule has 0 unspecified atom stereocenters. The molecule has 26 heavy (non-hydrogen) atoms. The number of nitrogens with zero attached hydrogens (tertiary/aromatic N) is 3. The van der Waals surface area contributed by atoms with Crippen molar-refractivity contribution in [2.45, 2.75) is 6.54 Å². The molecule has 126 valence electrons. The van der Waals surface area contributed by atoms with Gasteiger partial charge in [-0.1, -0.05) is 29.8 Å². The summed E-state index contributed by atoms with van der Waals surface area (Å²) in [5, 5.41) is 4.45. The number of carbonyl (C=O) groups is 1. The highest BCUT2D eigenvalue weighted by Gasteiger charge is 2.20. The molecule has 6 heteroatoms. The standard InChI is InChI=1S/C20H13ClN4O/c21-18-4-2-1-3-15(18)17-10-25(19-16(17)9-22-11-24-19)13-5-6-14-12(7-13)8-23-20(14)26/h1-7,9-11H,8H2,(H,23,26). The monoisotopic (exact) mass is 360 g/mol. The molecule has 3 heterocycles. The molecule has 1 amide bonds. The fourth-order valence-electron chi connectivity index (χ4n) is 3.42. The van der Waals surface area contributed by atoms with E-state index in [1.165, 1.54) is 6.33 Å². The van der Waals surface area contributed by atoms with E-state index < -0.39 is 0 Å². The molecule has 0 saturated carbocycles. The Kier molecular flexibility index (Phi) is 3.30. The number of amides is 1. The van der Waals surface area contributed by atoms with E-state index in [1.54, 1.807) is 6.20 Å². The van der Waals surface area contributed by atoms with Crippen molar-refractivity contribution in [3.63, 3.8) is 0 Å². The van der Waals surface area contributed by atoms with Gasteiger partial charge in [0.15, 0.2) is 0 Å². The molecule has 0 spiro atoms. The molecule has 0 saturated heterocycles. The summed E-state index contributed by atoms with van der Waals surface area (Å²) in [7, 11) is 0. The van der Waals surface area contributed by atoms with Crippen LogP contribution in [0.2, 0.25) is 5.02 Å². The van der Waals surface area contributed by atoms with Crippen LogP contribution in [0.5, 0.6) is 0 Å². The molecule has 0 atom stereocenters. The summed E-state index contributed by atoms with van der Waals surface area (Å²) in [5.74, 6) is -0.0250. The lowest BCUT2D eigenvalue weighted by atomic mass is 10.1. The molecule has 1 N–H and O–H groups in total. The van der Waals surface area contributed by atoms with E-state index in [2.05, 4.69) is 15.3 Å². The Labute approximate surface area is 154 Å². The van der Waals surface area contributed by atoms with Gasteiger partial charge >= 0.3 is 0 Å². The Hall–Kier alpha value is -3.18. The zero-order valence-corrected chi connectivity index (χ0v) is 14.4. The Balaban J connectivity index is 1.75. The Morgan fingerprint density at radius 3 is 2.85 bits per heavy atom. The van der Waals surface area contributed by atoms with Crippen molar-refractivity contribution < 1.29 is 4.79 Å². The van der Waals surface area contributed by atoms with Gasteiger partial charge in [0, 0.05) is 51.7 Å². The summed E-state index contributed by atoms with van der Waals surface area (Å²) < 4.78 is 2.01. The van der Waals surface area contributed by atoms with Crippen molar-refractivity contribution in [2.75, 3.05) is 0 Å². The molecule has 0 bridgehead atoms. The SMILES string of the molecule is O=C1NCc2cc(-n3cc(-c4ccccc4Cl)c4cncnc43)ccc21. The van der Waals surface area contributed by atoms with Gasteiger partial charge < -0.3 is 9.88 Å². The van der Waals surface area contributed by atoms with Crippen LogP contribution in [0.15, 0.2) is 61.2 Å². The van der Waals surface area contributed by atoms with E-state index in [-0.39, 0.29) is 5.91 Å². The van der Waals surface area contributed by atoms with E-state index in [1.807, 2.05) is 53.2 Å². The van der Waals surface area contributed by atoms with E-state index >= 15 is 0 Å². The molecule has 5 nitrogen and oxygen atoms in total. The smallest absolute Gasteiger partial charge is 0.251 e. The molecule has 5 rings (SSSR count). The minimum Gasteiger partial charge on any atom is -0.348 e. The van der Waals surface area contributed by atoms with Gasteiger partial charge in [0.25, 0.3) is 5.91 Å². The fourth-order valence-corrected chi connectivity index (χ4v) is 3.66. The topological polar surface area (TPSA) is 59.8 Å². The van der Waals surface area contributed by atoms with Gasteiger partial charge in [-0.3, -0.25) is 4.79 Å². The number of aromatic nitrogens is 3. The number of halogens is 1. The summed E-state index contributed by atoms with van der Waals surface area (Å²) in [6.45, 7) is 0.549. The Bertz CT molecular complexity index is 1180. The number of hydrogen-bond donors (Lipinski definition) is 1. The molecular weight excluding hydrogens is 348 g/mol. The van der Waals surface area contributed by atoms with Gasteiger partial charge in [-0.05, 0) is 29.8 Å². The molecular formula is C20H13ClN4O. The molecule has 0 radical (unpaired) electrons. The minimum atomic E-state index is -0.0250. The average Bonchev–Trinajstić information content (AvgIpc) is 3.23. The van der Waals surface area contributed by atoms with Crippen molar-refractivity contribution in [1.82, 2.24) is 19.9 Å². The van der Waals surface area contributed by atoms with E-state index in [0.29, 0.717) is 11.6 Å². The third-order valence-corrected chi connectivity index (χ3v) is 5.01. The third-order valence-electron chi connectivity index (χ3n) is 4.68. The van der Waals surface area contributed by atoms with Gasteiger partial charge in [0.1, 0.15) is 12.0 Å². The summed E-state index contributed by atoms with van der Waals surface area (Å²) >= 11 is 6.41. The first-order chi connectivity index (χ1) is 12.7. The first-order valence-electron chi connectivity index (χ1n) is 8.20. The number of hydrogen-bond acceptors (Lipinski definition) is 3. The minimum absolute atomic E-state index is 0.0250. The lowest BCUT2D eigenvalue weighted by molar-refractivity contribution is 0.0966. The van der Waals surface area contributed by atoms with Gasteiger partial charge in [0.05, 0.1) is 0 Å². The van der Waals surface area contributed by atoms with Crippen molar-refractivity contribution in [3.05, 3.63) is 77.3 Å². The third kappa shape index (κ3) is 2.21. The lowest BCUT2D eigenvalue weighted by Crippen LogP contribution is -2.12. The van der Waals surface area contributed by atoms with E-state index in [9.17, 15) is 4.79 Å². The number of nitrogens with one attached hydrogen (secondary N) is 1. The van der Waals surface area contributed by atoms with Crippen LogP contribution < -0.4 is 5.32 Å². The maximum atomic E-state index is 11.8. The predicted octanol–water partition coefficient (Wildman–Crippen LogP) is 3.98. The second-order valence-corrected chi connectivity index (χ2v) is 6.58. The van der Waals surface area contributed by atoms with Crippen LogP contribution in [0.4, 0.5) is 0 Å². The van der Waals surface area contributed by atoms with E-state index in [0.717, 1.165) is 39.0 Å². The highest BCUT2D eigenvalue weighted by atomic mass is 35.5. The highest BCUT2D eigenvalue weighted by Crippen LogP contribution is 2.35. The molecule has 2 aromatic carbocycles. The van der Waals surface area contributed by atoms with Gasteiger partial charge in [-0.25, -0.2) is 9.97 Å². The number of fused-ring (bicyclic) bond motifs is 2. The van der Waals surface area contributed by atoms with Gasteiger partial charge in [0.2, 0.25) is 0 Å². The highest BCUT2D eigenvalue weighted by molar-refractivity contribution is 6.33. The maximum absolute atomic E-state index is 11.8. The van der Waals surface area contributed by atoms with Gasteiger partial charge in [-0.2, -0.15) is 0 Å². The normalized spacial score (nSPS) is 13.0. The van der Waals surface area contributed by atoms with Crippen LogP contribution in [0.1, 0.15) is 15.9 Å². The van der Waals surface area contributed by atoms with Crippen LogP contribution >= 0.6 is 11.6 Å². The quantitative estimate of drug-likeness (QED) is 0.588. The molecule has 2 aromatic heterocycles. The second-order valence-electron chi connectivity index (χ2n) is 6.18. The lowest BCUT2D eigenvalue weighted by Gasteiger charge is -2.06. The predicted molar refractivity (Wildman–Crippen MR) is 100 cm³/mol. The Morgan fingerprint density at radius 1 is 1.08 bits per heavy atom. The van der Waals surface area contributed by atoms with Crippen LogP contribution in [0, 0.1) is 0 Å². The summed E-state index contributed by atoms with van der Waals surface area (Å²) in [4.78, 5) is 20.4. The summed E-state index contributed by atoms with van der Waals surface area (Å²) in [5.41, 5.74) is 5.37. The largest absolute Gasteiger partial charge is 0.348 e. The molecule has 4 aromatic rings. The summed E-state index contributed by atoms with van der Waals surface area (Å²) in [6, 6.07) is 13.5. The zero-order chi connectivity index (χ0) is 17.7. The van der Waals surface area contributed by atoms with E-state index in [4.69, 9.17) is 11.6 Å². The first-order valence-corrected chi connectivity index (χ1v) is 8.57. The number of benzene rings is 2. The second kappa shape index (κ2) is 5.68.